The van der Waals surface area contributed by atoms with Gasteiger partial charge in [-0.1, -0.05) is 19.0 Å². The molecule has 4 aliphatic rings. The number of rotatable bonds is 2. The number of nitrogens with zero attached hydrogens (tertiary/aromatic N) is 3. The molecule has 7 atom stereocenters. The fourth-order valence-corrected chi connectivity index (χ4v) is 7.54. The molecule has 4 aliphatic carbocycles. The predicted octanol–water partition coefficient (Wildman–Crippen LogP) is 4.33. The molecule has 6 heteroatoms. The van der Waals surface area contributed by atoms with E-state index >= 15 is 0 Å². The molecule has 0 heterocycles. The van der Waals surface area contributed by atoms with Crippen LogP contribution in [0.4, 0.5) is 0 Å². The molecule has 146 valence electrons. The maximum Gasteiger partial charge on any atom is 0.167 e. The summed E-state index contributed by atoms with van der Waals surface area (Å²) in [6, 6.07) is 0. The van der Waals surface area contributed by atoms with Crippen LogP contribution in [0.3, 0.4) is 0 Å². The lowest BCUT2D eigenvalue weighted by molar-refractivity contribution is -0.135. The highest BCUT2D eigenvalue weighted by Crippen LogP contribution is 2.67. The maximum atomic E-state index is 12.4. The Morgan fingerprint density at radius 3 is 2.63 bits per heavy atom. The van der Waals surface area contributed by atoms with E-state index < -0.39 is 11.5 Å². The largest absolute Gasteiger partial charge is 0.392 e. The average Bonchev–Trinajstić information content (AvgIpc) is 2.97. The highest BCUT2D eigenvalue weighted by molar-refractivity contribution is 5.97. The topological polar surface area (TPSA) is 103 Å². The Kier molecular flexibility index (Phi) is 4.28. The van der Waals surface area contributed by atoms with Gasteiger partial charge >= 0.3 is 0 Å². The maximum absolute atomic E-state index is 12.4. The van der Waals surface area contributed by atoms with Crippen LogP contribution in [-0.2, 0) is 9.59 Å². The number of hydrogen-bond donors (Lipinski definition) is 1. The minimum atomic E-state index is -0.722. The number of hydrogen-bond acceptors (Lipinski definition) is 4. The molecule has 0 aromatic heterocycles. The Hall–Kier alpha value is -1.65. The van der Waals surface area contributed by atoms with Crippen molar-refractivity contribution in [1.29, 1.82) is 0 Å². The zero-order valence-corrected chi connectivity index (χ0v) is 16.4. The van der Waals surface area contributed by atoms with Crippen molar-refractivity contribution in [2.45, 2.75) is 71.8 Å². The van der Waals surface area contributed by atoms with Crippen LogP contribution in [0.5, 0.6) is 0 Å². The number of aliphatic hydroxyl groups is 1. The average molecular weight is 371 g/mol. The summed E-state index contributed by atoms with van der Waals surface area (Å²) in [4.78, 5) is 27.5. The summed E-state index contributed by atoms with van der Waals surface area (Å²) < 4.78 is 0. The van der Waals surface area contributed by atoms with Crippen LogP contribution in [0.2, 0.25) is 0 Å². The molecule has 0 radical (unpaired) electrons. The Bertz CT molecular complexity index is 784. The minimum absolute atomic E-state index is 0.0373. The molecule has 3 fully saturated rings. The summed E-state index contributed by atoms with van der Waals surface area (Å²) in [6.45, 7) is 6.10. The van der Waals surface area contributed by atoms with Crippen molar-refractivity contribution in [2.24, 2.45) is 39.6 Å². The molecule has 27 heavy (non-hydrogen) atoms. The first kappa shape index (κ1) is 18.7. The van der Waals surface area contributed by atoms with Crippen LogP contribution in [0.1, 0.15) is 65.7 Å². The SMILES string of the molecule is CC(=O)[C@H]1CC[C@H]2[C@@H]3CCC4=C(N=[N+]=[N-])C(=O)CC(O)[C@]4(C)[C@H]3CC[C@]12C. The van der Waals surface area contributed by atoms with Crippen molar-refractivity contribution >= 4 is 11.6 Å². The molecule has 0 aromatic carbocycles. The van der Waals surface area contributed by atoms with Crippen LogP contribution >= 0.6 is 0 Å². The summed E-state index contributed by atoms with van der Waals surface area (Å²) in [7, 11) is 0. The van der Waals surface area contributed by atoms with Crippen LogP contribution in [0.15, 0.2) is 16.4 Å². The van der Waals surface area contributed by atoms with Gasteiger partial charge in [0.15, 0.2) is 5.78 Å². The Balaban J connectivity index is 1.76. The number of carbonyl (C=O) groups excluding carboxylic acids is 2. The third kappa shape index (κ3) is 2.39. The smallest absolute Gasteiger partial charge is 0.167 e. The quantitative estimate of drug-likeness (QED) is 0.444. The van der Waals surface area contributed by atoms with Crippen molar-refractivity contribution in [3.63, 3.8) is 0 Å². The number of azide groups is 1. The molecule has 4 rings (SSSR count). The van der Waals surface area contributed by atoms with Gasteiger partial charge in [0.2, 0.25) is 0 Å². The number of fused-ring (bicyclic) bond motifs is 5. The molecular weight excluding hydrogens is 342 g/mol. The third-order valence-electron chi connectivity index (χ3n) is 8.84. The van der Waals surface area contributed by atoms with E-state index in [4.69, 9.17) is 5.53 Å². The lowest BCUT2D eigenvalue weighted by Gasteiger charge is -2.59. The van der Waals surface area contributed by atoms with Gasteiger partial charge in [0, 0.05) is 22.7 Å². The van der Waals surface area contributed by atoms with Crippen LogP contribution < -0.4 is 0 Å². The first-order chi connectivity index (χ1) is 12.7. The van der Waals surface area contributed by atoms with Gasteiger partial charge in [-0.05, 0) is 79.7 Å². The van der Waals surface area contributed by atoms with Gasteiger partial charge in [-0.25, -0.2) is 0 Å². The van der Waals surface area contributed by atoms with Gasteiger partial charge in [0.05, 0.1) is 11.8 Å². The summed E-state index contributed by atoms with van der Waals surface area (Å²) in [5.41, 5.74) is 9.61. The first-order valence-electron chi connectivity index (χ1n) is 10.3. The highest BCUT2D eigenvalue weighted by Gasteiger charge is 2.62. The van der Waals surface area contributed by atoms with Gasteiger partial charge in [-0.2, -0.15) is 0 Å². The van der Waals surface area contributed by atoms with Crippen LogP contribution in [0.25, 0.3) is 10.4 Å². The van der Waals surface area contributed by atoms with Crippen molar-refractivity contribution in [3.05, 3.63) is 21.7 Å². The van der Waals surface area contributed by atoms with Gasteiger partial charge in [-0.3, -0.25) is 9.59 Å². The third-order valence-corrected chi connectivity index (χ3v) is 8.84. The molecule has 0 aliphatic heterocycles. The molecule has 0 spiro atoms. The van der Waals surface area contributed by atoms with E-state index in [9.17, 15) is 14.7 Å². The van der Waals surface area contributed by atoms with E-state index in [2.05, 4.69) is 23.9 Å². The van der Waals surface area contributed by atoms with E-state index in [-0.39, 0.29) is 35.2 Å². The van der Waals surface area contributed by atoms with E-state index in [1.54, 1.807) is 6.92 Å². The molecule has 0 bridgehead atoms. The molecule has 1 N–H and O–H groups in total. The molecule has 3 saturated carbocycles. The molecule has 6 nitrogen and oxygen atoms in total. The van der Waals surface area contributed by atoms with E-state index in [1.165, 1.54) is 0 Å². The predicted molar refractivity (Wildman–Crippen MR) is 100 cm³/mol. The zero-order valence-electron chi connectivity index (χ0n) is 16.4. The number of ketones is 2. The summed E-state index contributed by atoms with van der Waals surface area (Å²) in [5, 5.41) is 14.7. The normalized spacial score (nSPS) is 46.2. The standard InChI is InChI=1S/C21H29N3O3/c1-11(25)13-6-7-14-12-4-5-16-19(23-24-22)17(26)10-18(27)21(16,3)15(12)8-9-20(13,14)2/h12-15,18,27H,4-10H2,1-3H3/t12-,13+,14-,15-,18?,20+,21+/m0/s1. The van der Waals surface area contributed by atoms with Crippen LogP contribution in [-0.4, -0.2) is 22.8 Å². The number of Topliss-reactive ketones (excluding diaryl/α,β-unsaturated/α-hetero) is 2. The summed E-state index contributed by atoms with van der Waals surface area (Å²) in [6.07, 6.45) is 4.96. The number of carbonyl (C=O) groups is 2. The van der Waals surface area contributed by atoms with E-state index in [1.807, 2.05) is 0 Å². The summed E-state index contributed by atoms with van der Waals surface area (Å²) >= 11 is 0. The van der Waals surface area contributed by atoms with Gasteiger partial charge in [0.1, 0.15) is 5.78 Å². The fourth-order valence-electron chi connectivity index (χ4n) is 7.54. The van der Waals surface area contributed by atoms with Crippen molar-refractivity contribution in [3.8, 4) is 0 Å². The fraction of sp³-hybridized carbons (Fsp3) is 0.810. The van der Waals surface area contributed by atoms with Gasteiger partial charge in [-0.15, -0.1) is 0 Å². The molecule has 0 saturated heterocycles. The second-order valence-corrected chi connectivity index (χ2v) is 9.64. The van der Waals surface area contributed by atoms with E-state index in [0.717, 1.165) is 37.7 Å². The van der Waals surface area contributed by atoms with Gasteiger partial charge < -0.3 is 5.11 Å². The van der Waals surface area contributed by atoms with Gasteiger partial charge in [0.25, 0.3) is 0 Å². The molecule has 0 amide bonds. The molecule has 1 unspecified atom stereocenters. The van der Waals surface area contributed by atoms with Crippen molar-refractivity contribution in [1.82, 2.24) is 0 Å². The molecule has 0 aromatic rings. The lowest BCUT2D eigenvalue weighted by Crippen LogP contribution is -2.56. The lowest BCUT2D eigenvalue weighted by atomic mass is 9.46. The zero-order chi connectivity index (χ0) is 19.6. The van der Waals surface area contributed by atoms with Crippen molar-refractivity contribution in [2.75, 3.05) is 0 Å². The monoisotopic (exact) mass is 371 g/mol. The van der Waals surface area contributed by atoms with Crippen LogP contribution in [0, 0.1) is 34.5 Å². The minimum Gasteiger partial charge on any atom is -0.392 e. The Morgan fingerprint density at radius 2 is 1.96 bits per heavy atom. The summed E-state index contributed by atoms with van der Waals surface area (Å²) in [5.74, 6) is 1.47. The Labute approximate surface area is 160 Å². The second kappa shape index (κ2) is 6.18. The first-order valence-corrected chi connectivity index (χ1v) is 10.3. The second-order valence-electron chi connectivity index (χ2n) is 9.64. The Morgan fingerprint density at radius 1 is 1.22 bits per heavy atom. The highest BCUT2D eigenvalue weighted by atomic mass is 16.3. The number of aliphatic hydroxyl groups excluding tert-OH is 1. The van der Waals surface area contributed by atoms with Crippen molar-refractivity contribution < 1.29 is 14.7 Å². The van der Waals surface area contributed by atoms with E-state index in [0.29, 0.717) is 24.0 Å². The molecular formula is C21H29N3O3.